The summed E-state index contributed by atoms with van der Waals surface area (Å²) < 4.78 is 27.5. The van der Waals surface area contributed by atoms with Gasteiger partial charge in [-0.25, -0.2) is 9.07 Å². The van der Waals surface area contributed by atoms with E-state index in [1.807, 2.05) is 0 Å². The van der Waals surface area contributed by atoms with Gasteiger partial charge in [0.15, 0.2) is 16.3 Å². The van der Waals surface area contributed by atoms with E-state index in [9.17, 15) is 9.18 Å². The van der Waals surface area contributed by atoms with E-state index < -0.39 is 5.82 Å². The number of hydrogen-bond donors (Lipinski definition) is 1. The molecule has 0 bridgehead atoms. The van der Waals surface area contributed by atoms with Crippen LogP contribution in [0.3, 0.4) is 0 Å². The van der Waals surface area contributed by atoms with Crippen LogP contribution >= 0.6 is 23.8 Å². The van der Waals surface area contributed by atoms with Crippen molar-refractivity contribution >= 4 is 34.6 Å². The van der Waals surface area contributed by atoms with Gasteiger partial charge in [-0.3, -0.25) is 14.5 Å². The first kappa shape index (κ1) is 21.0. The Labute approximate surface area is 185 Å². The van der Waals surface area contributed by atoms with Crippen molar-refractivity contribution in [3.8, 4) is 17.2 Å². The largest absolute Gasteiger partial charge is 0.493 e. The number of methoxy groups -OCH3 is 2. The molecule has 2 aromatic heterocycles. The molecule has 0 saturated carbocycles. The van der Waals surface area contributed by atoms with E-state index in [1.165, 1.54) is 31.0 Å². The van der Waals surface area contributed by atoms with Crippen molar-refractivity contribution in [2.24, 2.45) is 0 Å². The molecular formula is C20H17ClFN5O3S. The van der Waals surface area contributed by atoms with Crippen LogP contribution < -0.4 is 15.0 Å². The zero-order chi connectivity index (χ0) is 22.1. The van der Waals surface area contributed by atoms with E-state index in [0.717, 1.165) is 0 Å². The molecule has 4 rings (SSSR count). The van der Waals surface area contributed by atoms with Crippen molar-refractivity contribution in [2.45, 2.75) is 13.0 Å². The van der Waals surface area contributed by atoms with Crippen LogP contribution in [0.15, 0.2) is 41.3 Å². The molecule has 0 unspecified atom stereocenters. The molecule has 31 heavy (non-hydrogen) atoms. The number of aryl methyl sites for hydroxylation is 2. The second-order valence-corrected chi connectivity index (χ2v) is 7.36. The number of hydrogen-bond acceptors (Lipinski definition) is 6. The fraction of sp³-hybridized carbons (Fsp3) is 0.200. The van der Waals surface area contributed by atoms with Gasteiger partial charge >= 0.3 is 0 Å². The number of H-pyrrole nitrogens is 1. The van der Waals surface area contributed by atoms with Crippen LogP contribution in [-0.2, 0) is 13.0 Å². The molecule has 1 N–H and O–H groups in total. The highest BCUT2D eigenvalue weighted by Crippen LogP contribution is 2.32. The Morgan fingerprint density at radius 3 is 2.74 bits per heavy atom. The first-order valence-electron chi connectivity index (χ1n) is 9.17. The van der Waals surface area contributed by atoms with Crippen molar-refractivity contribution in [3.63, 3.8) is 0 Å². The van der Waals surface area contributed by atoms with Gasteiger partial charge in [-0.2, -0.15) is 10.2 Å². The molecular weight excluding hydrogens is 445 g/mol. The van der Waals surface area contributed by atoms with Gasteiger partial charge in [0.05, 0.1) is 43.1 Å². The highest BCUT2D eigenvalue weighted by Gasteiger charge is 2.16. The molecule has 2 aromatic carbocycles. The zero-order valence-corrected chi connectivity index (χ0v) is 18.1. The molecule has 0 radical (unpaired) electrons. The van der Waals surface area contributed by atoms with E-state index in [4.69, 9.17) is 33.3 Å². The Bertz CT molecular complexity index is 1400. The topological polar surface area (TPSA) is 87.0 Å². The summed E-state index contributed by atoms with van der Waals surface area (Å²) in [5.41, 5.74) is 0.240. The maximum atomic E-state index is 13.5. The smallest absolute Gasteiger partial charge is 0.278 e. The molecule has 4 aromatic rings. The minimum absolute atomic E-state index is 0.0278. The maximum absolute atomic E-state index is 13.5. The summed E-state index contributed by atoms with van der Waals surface area (Å²) in [5.74, 6) is 0.820. The van der Waals surface area contributed by atoms with Gasteiger partial charge in [-0.15, -0.1) is 0 Å². The second-order valence-electron chi connectivity index (χ2n) is 6.57. The summed E-state index contributed by atoms with van der Waals surface area (Å²) in [6, 6.07) is 7.74. The predicted molar refractivity (Wildman–Crippen MR) is 117 cm³/mol. The van der Waals surface area contributed by atoms with Gasteiger partial charge in [0, 0.05) is 11.8 Å². The number of aromatic amines is 1. The Morgan fingerprint density at radius 1 is 1.23 bits per heavy atom. The summed E-state index contributed by atoms with van der Waals surface area (Å²) in [4.78, 5) is 13.1. The number of nitrogens with one attached hydrogen (secondary N) is 1. The minimum Gasteiger partial charge on any atom is -0.493 e. The number of ether oxygens (including phenoxy) is 2. The summed E-state index contributed by atoms with van der Waals surface area (Å²) in [7, 11) is 2.99. The third kappa shape index (κ3) is 3.79. The van der Waals surface area contributed by atoms with E-state index in [2.05, 4.69) is 15.3 Å². The van der Waals surface area contributed by atoms with Crippen molar-refractivity contribution in [2.75, 3.05) is 14.2 Å². The molecule has 11 heteroatoms. The molecule has 2 heterocycles. The molecule has 0 spiro atoms. The quantitative estimate of drug-likeness (QED) is 0.441. The molecule has 0 amide bonds. The van der Waals surface area contributed by atoms with Gasteiger partial charge in [-0.05, 0) is 42.5 Å². The van der Waals surface area contributed by atoms with Crippen molar-refractivity contribution < 1.29 is 13.9 Å². The standard InChI is InChI=1S/C20H17ClFN5O3S/c1-29-15-6-3-11-10-23-26(19(28)17(11)18(15)30-2)8-7-16-24-25-20(31)27(16)12-4-5-14(22)13(21)9-12/h3-6,9-10H,7-8H2,1-2H3,(H,25,31). The van der Waals surface area contributed by atoms with Gasteiger partial charge in [0.2, 0.25) is 0 Å². The van der Waals surface area contributed by atoms with Crippen molar-refractivity contribution in [1.82, 2.24) is 24.5 Å². The highest BCUT2D eigenvalue weighted by molar-refractivity contribution is 7.71. The molecule has 0 aliphatic rings. The second kappa shape index (κ2) is 8.48. The zero-order valence-electron chi connectivity index (χ0n) is 16.6. The van der Waals surface area contributed by atoms with Crippen LogP contribution in [0.4, 0.5) is 4.39 Å². The highest BCUT2D eigenvalue weighted by atomic mass is 35.5. The Kier molecular flexibility index (Phi) is 5.75. The molecule has 8 nitrogen and oxygen atoms in total. The van der Waals surface area contributed by atoms with Crippen molar-refractivity contribution in [1.29, 1.82) is 0 Å². The molecule has 0 aliphatic carbocycles. The first-order valence-corrected chi connectivity index (χ1v) is 9.95. The number of rotatable bonds is 6. The molecule has 0 aliphatic heterocycles. The minimum atomic E-state index is -0.529. The lowest BCUT2D eigenvalue weighted by molar-refractivity contribution is 0.358. The number of aromatic nitrogens is 5. The SMILES string of the molecule is COc1ccc2cnn(CCc3n[nH]c(=S)n3-c3ccc(F)c(Cl)c3)c(=O)c2c1OC. The van der Waals surface area contributed by atoms with Crippen LogP contribution in [0, 0.1) is 10.6 Å². The Balaban J connectivity index is 1.71. The summed E-state index contributed by atoms with van der Waals surface area (Å²) in [6.07, 6.45) is 1.92. The maximum Gasteiger partial charge on any atom is 0.278 e. The van der Waals surface area contributed by atoms with E-state index >= 15 is 0 Å². The fourth-order valence-electron chi connectivity index (χ4n) is 3.34. The van der Waals surface area contributed by atoms with Crippen LogP contribution in [0.5, 0.6) is 11.5 Å². The molecule has 160 valence electrons. The van der Waals surface area contributed by atoms with E-state index in [-0.39, 0.29) is 17.1 Å². The van der Waals surface area contributed by atoms with Gasteiger partial charge in [0.25, 0.3) is 5.56 Å². The Morgan fingerprint density at radius 2 is 2.03 bits per heavy atom. The lowest BCUT2D eigenvalue weighted by Crippen LogP contribution is -2.24. The van der Waals surface area contributed by atoms with Gasteiger partial charge in [-0.1, -0.05) is 11.6 Å². The van der Waals surface area contributed by atoms with E-state index in [0.29, 0.717) is 45.0 Å². The summed E-state index contributed by atoms with van der Waals surface area (Å²) >= 11 is 11.2. The number of fused-ring (bicyclic) bond motifs is 1. The van der Waals surface area contributed by atoms with Crippen LogP contribution in [0.2, 0.25) is 5.02 Å². The number of benzene rings is 2. The molecule has 0 atom stereocenters. The average Bonchev–Trinajstić information content (AvgIpc) is 3.14. The normalized spacial score (nSPS) is 11.1. The fourth-order valence-corrected chi connectivity index (χ4v) is 3.77. The Hall–Kier alpha value is -3.24. The van der Waals surface area contributed by atoms with Crippen LogP contribution in [0.25, 0.3) is 16.5 Å². The summed E-state index contributed by atoms with van der Waals surface area (Å²) in [5, 5.41) is 12.2. The lowest BCUT2D eigenvalue weighted by atomic mass is 10.1. The van der Waals surface area contributed by atoms with E-state index in [1.54, 1.807) is 29.0 Å². The van der Waals surface area contributed by atoms with Crippen molar-refractivity contribution in [3.05, 3.63) is 68.3 Å². The molecule has 0 fully saturated rings. The number of halogens is 2. The van der Waals surface area contributed by atoms with Gasteiger partial charge < -0.3 is 9.47 Å². The predicted octanol–water partition coefficient (Wildman–Crippen LogP) is 3.69. The van der Waals surface area contributed by atoms with Gasteiger partial charge in [0.1, 0.15) is 11.6 Å². The third-order valence-corrected chi connectivity index (χ3v) is 5.38. The average molecular weight is 462 g/mol. The lowest BCUT2D eigenvalue weighted by Gasteiger charge is -2.12. The van der Waals surface area contributed by atoms with Crippen LogP contribution in [0.1, 0.15) is 5.82 Å². The number of nitrogens with zero attached hydrogens (tertiary/aromatic N) is 4. The third-order valence-electron chi connectivity index (χ3n) is 4.81. The summed E-state index contributed by atoms with van der Waals surface area (Å²) in [6.45, 7) is 0.226. The monoisotopic (exact) mass is 461 g/mol. The van der Waals surface area contributed by atoms with Crippen LogP contribution in [-0.4, -0.2) is 38.8 Å². The first-order chi connectivity index (χ1) is 14.9. The molecule has 0 saturated heterocycles.